The van der Waals surface area contributed by atoms with Gasteiger partial charge in [-0.15, -0.1) is 0 Å². The highest BCUT2D eigenvalue weighted by atomic mass is 16.2. The van der Waals surface area contributed by atoms with E-state index in [2.05, 4.69) is 15.3 Å². The third-order valence-corrected chi connectivity index (χ3v) is 5.28. The number of carbonyl (C=O) groups is 3. The Morgan fingerprint density at radius 1 is 1.19 bits per heavy atom. The van der Waals surface area contributed by atoms with Crippen molar-refractivity contribution < 1.29 is 14.4 Å². The average molecular weight is 364 g/mol. The van der Waals surface area contributed by atoms with Gasteiger partial charge in [-0.05, 0) is 24.5 Å². The molecule has 4 rings (SSSR count). The lowest BCUT2D eigenvalue weighted by atomic mass is 9.96. The average Bonchev–Trinajstić information content (AvgIpc) is 3.28. The van der Waals surface area contributed by atoms with Crippen molar-refractivity contribution in [3.05, 3.63) is 48.4 Å². The molecule has 1 saturated carbocycles. The minimum atomic E-state index is -0.754. The topological polar surface area (TPSA) is 92.3 Å². The fourth-order valence-corrected chi connectivity index (χ4v) is 3.98. The number of amides is 2. The molecule has 0 bridgehead atoms. The van der Waals surface area contributed by atoms with Gasteiger partial charge in [-0.2, -0.15) is 0 Å². The summed E-state index contributed by atoms with van der Waals surface area (Å²) in [6.07, 6.45) is 9.32. The first-order valence-corrected chi connectivity index (χ1v) is 9.19. The number of hydrogen-bond acceptors (Lipinski definition) is 5. The highest BCUT2D eigenvalue weighted by molar-refractivity contribution is 6.52. The number of ketones is 1. The fourth-order valence-electron chi connectivity index (χ4n) is 3.98. The van der Waals surface area contributed by atoms with Gasteiger partial charge in [0.15, 0.2) is 5.82 Å². The molecule has 138 valence electrons. The van der Waals surface area contributed by atoms with Crippen LogP contribution in [0.3, 0.4) is 0 Å². The zero-order valence-corrected chi connectivity index (χ0v) is 14.8. The van der Waals surface area contributed by atoms with Crippen molar-refractivity contribution >= 4 is 29.1 Å². The molecule has 1 N–H and O–H groups in total. The van der Waals surface area contributed by atoms with Crippen LogP contribution in [0, 0.1) is 5.92 Å². The Balaban J connectivity index is 1.66. The molecule has 0 saturated heterocycles. The molecular weight excluding hydrogens is 344 g/mol. The molecule has 27 heavy (non-hydrogen) atoms. The second-order valence-corrected chi connectivity index (χ2v) is 7.00. The first-order valence-electron chi connectivity index (χ1n) is 9.19. The van der Waals surface area contributed by atoms with Gasteiger partial charge < -0.3 is 5.32 Å². The van der Waals surface area contributed by atoms with Crippen LogP contribution in [0.25, 0.3) is 0 Å². The van der Waals surface area contributed by atoms with E-state index in [1.807, 2.05) is 0 Å². The summed E-state index contributed by atoms with van der Waals surface area (Å²) in [6.45, 7) is 0. The number of aromatic nitrogens is 2. The van der Waals surface area contributed by atoms with E-state index >= 15 is 0 Å². The molecule has 0 spiro atoms. The third kappa shape index (κ3) is 3.32. The summed E-state index contributed by atoms with van der Waals surface area (Å²) in [6, 6.07) is 6.08. The summed E-state index contributed by atoms with van der Waals surface area (Å²) >= 11 is 0. The van der Waals surface area contributed by atoms with Gasteiger partial charge in [0.25, 0.3) is 11.7 Å². The predicted octanol–water partition coefficient (Wildman–Crippen LogP) is 2.59. The molecule has 2 amide bonds. The molecule has 2 heterocycles. The van der Waals surface area contributed by atoms with Gasteiger partial charge in [0, 0.05) is 12.4 Å². The highest BCUT2D eigenvalue weighted by Crippen LogP contribution is 2.35. The second kappa shape index (κ2) is 7.26. The van der Waals surface area contributed by atoms with E-state index in [1.165, 1.54) is 23.5 Å². The first kappa shape index (κ1) is 17.3. The Labute approximate surface area is 156 Å². The largest absolute Gasteiger partial charge is 0.308 e. The van der Waals surface area contributed by atoms with Crippen LogP contribution in [0.4, 0.5) is 11.5 Å². The fraction of sp³-hybridized carbons (Fsp3) is 0.350. The van der Waals surface area contributed by atoms with Gasteiger partial charge in [0.05, 0.1) is 17.4 Å². The van der Waals surface area contributed by atoms with Crippen molar-refractivity contribution in [1.82, 2.24) is 9.97 Å². The molecule has 7 heteroatoms. The maximum Gasteiger partial charge on any atom is 0.300 e. The smallest absolute Gasteiger partial charge is 0.300 e. The van der Waals surface area contributed by atoms with Gasteiger partial charge in [-0.3, -0.25) is 24.3 Å². The minimum absolute atomic E-state index is 0.324. The van der Waals surface area contributed by atoms with E-state index in [0.717, 1.165) is 25.7 Å². The van der Waals surface area contributed by atoms with Crippen LogP contribution in [0.5, 0.6) is 0 Å². The van der Waals surface area contributed by atoms with Crippen molar-refractivity contribution in [2.24, 2.45) is 5.92 Å². The summed E-state index contributed by atoms with van der Waals surface area (Å²) in [7, 11) is 0. The van der Waals surface area contributed by atoms with Crippen LogP contribution >= 0.6 is 0 Å². The lowest BCUT2D eigenvalue weighted by Crippen LogP contribution is -2.48. The van der Waals surface area contributed by atoms with E-state index in [0.29, 0.717) is 29.4 Å². The van der Waals surface area contributed by atoms with E-state index in [4.69, 9.17) is 0 Å². The van der Waals surface area contributed by atoms with E-state index in [-0.39, 0.29) is 5.91 Å². The SMILES string of the molecule is O=C1C(=O)N(C(CC2CCCC2)C(=O)Nc2cnccn2)c2ccccc21. The Morgan fingerprint density at radius 2 is 1.96 bits per heavy atom. The molecular formula is C20H20N4O3. The monoisotopic (exact) mass is 364 g/mol. The van der Waals surface area contributed by atoms with Crippen LogP contribution in [0.2, 0.25) is 0 Å². The summed E-state index contributed by atoms with van der Waals surface area (Å²) in [5, 5.41) is 2.74. The van der Waals surface area contributed by atoms with Gasteiger partial charge >= 0.3 is 0 Å². The van der Waals surface area contributed by atoms with Gasteiger partial charge in [-0.1, -0.05) is 37.8 Å². The molecule has 1 aromatic heterocycles. The van der Waals surface area contributed by atoms with Crippen LogP contribution < -0.4 is 10.2 Å². The Hall–Kier alpha value is -3.09. The molecule has 1 fully saturated rings. The number of para-hydroxylation sites is 1. The van der Waals surface area contributed by atoms with Gasteiger partial charge in [0.1, 0.15) is 6.04 Å². The Morgan fingerprint density at radius 3 is 2.70 bits per heavy atom. The second-order valence-electron chi connectivity index (χ2n) is 7.00. The van der Waals surface area contributed by atoms with E-state index < -0.39 is 17.7 Å². The van der Waals surface area contributed by atoms with Crippen molar-refractivity contribution in [2.75, 3.05) is 10.2 Å². The Kier molecular flexibility index (Phi) is 4.66. The van der Waals surface area contributed by atoms with E-state index in [9.17, 15) is 14.4 Å². The van der Waals surface area contributed by atoms with Crippen molar-refractivity contribution in [1.29, 1.82) is 0 Å². The molecule has 7 nitrogen and oxygen atoms in total. The number of anilines is 2. The summed E-state index contributed by atoms with van der Waals surface area (Å²) in [5.74, 6) is -0.869. The molecule has 1 aromatic carbocycles. The highest BCUT2D eigenvalue weighted by Gasteiger charge is 2.43. The third-order valence-electron chi connectivity index (χ3n) is 5.28. The molecule has 1 atom stereocenters. The number of hydrogen-bond donors (Lipinski definition) is 1. The quantitative estimate of drug-likeness (QED) is 0.823. The number of Topliss-reactive ketones (excluding diaryl/α,β-unsaturated/α-hetero) is 1. The summed E-state index contributed by atoms with van der Waals surface area (Å²) in [5.41, 5.74) is 0.857. The molecule has 2 aliphatic rings. The molecule has 2 aromatic rings. The zero-order valence-electron chi connectivity index (χ0n) is 14.8. The number of carbonyl (C=O) groups excluding carboxylic acids is 3. The minimum Gasteiger partial charge on any atom is -0.308 e. The zero-order chi connectivity index (χ0) is 18.8. The standard InChI is InChI=1S/C20H20N4O3/c25-18-14-7-3-4-8-15(14)24(20(18)27)16(11-13-5-1-2-6-13)19(26)23-17-12-21-9-10-22-17/h3-4,7-10,12-13,16H,1-2,5-6,11H2,(H,22,23,26). The lowest BCUT2D eigenvalue weighted by Gasteiger charge is -2.29. The van der Waals surface area contributed by atoms with Crippen LogP contribution in [0.15, 0.2) is 42.9 Å². The number of rotatable bonds is 5. The van der Waals surface area contributed by atoms with Gasteiger partial charge in [-0.25, -0.2) is 4.98 Å². The number of benzene rings is 1. The lowest BCUT2D eigenvalue weighted by molar-refractivity contribution is -0.121. The number of nitrogens with zero attached hydrogens (tertiary/aromatic N) is 3. The summed E-state index contributed by atoms with van der Waals surface area (Å²) in [4.78, 5) is 47.5. The normalized spacial score (nSPS) is 17.9. The van der Waals surface area contributed by atoms with Gasteiger partial charge in [0.2, 0.25) is 5.91 Å². The van der Waals surface area contributed by atoms with Crippen molar-refractivity contribution in [2.45, 2.75) is 38.1 Å². The number of nitrogens with one attached hydrogen (secondary N) is 1. The van der Waals surface area contributed by atoms with Crippen LogP contribution in [0.1, 0.15) is 42.5 Å². The van der Waals surface area contributed by atoms with Crippen molar-refractivity contribution in [3.8, 4) is 0 Å². The van der Waals surface area contributed by atoms with Crippen LogP contribution in [-0.2, 0) is 9.59 Å². The van der Waals surface area contributed by atoms with E-state index in [1.54, 1.807) is 24.3 Å². The van der Waals surface area contributed by atoms with Crippen LogP contribution in [-0.4, -0.2) is 33.6 Å². The summed E-state index contributed by atoms with van der Waals surface area (Å²) < 4.78 is 0. The van der Waals surface area contributed by atoms with Crippen molar-refractivity contribution in [3.63, 3.8) is 0 Å². The molecule has 1 aliphatic heterocycles. The molecule has 0 radical (unpaired) electrons. The number of fused-ring (bicyclic) bond motifs is 1. The first-order chi connectivity index (χ1) is 13.1. The molecule has 1 unspecified atom stereocenters. The molecule has 1 aliphatic carbocycles. The Bertz CT molecular complexity index is 878. The maximum absolute atomic E-state index is 13.1. The predicted molar refractivity (Wildman–Crippen MR) is 99.3 cm³/mol. The maximum atomic E-state index is 13.1.